The molecule has 17 rings (SSSR count). The minimum Gasteiger partial charge on any atom is -0.459 e. The summed E-state index contributed by atoms with van der Waals surface area (Å²) in [6, 6.07) is 0. The van der Waals surface area contributed by atoms with E-state index in [1.807, 2.05) is 0 Å². The van der Waals surface area contributed by atoms with Crippen molar-refractivity contribution in [1.29, 1.82) is 0 Å². The minimum atomic E-state index is -2.03. The van der Waals surface area contributed by atoms with E-state index in [9.17, 15) is 25.2 Å². The van der Waals surface area contributed by atoms with Gasteiger partial charge in [-0.25, -0.2) is 0 Å². The first-order valence-corrected chi connectivity index (χ1v) is 31.6. The third-order valence-corrected chi connectivity index (χ3v) is 23.0. The minimum absolute atomic E-state index is 0.0316. The van der Waals surface area contributed by atoms with Crippen LogP contribution in [0.4, 0.5) is 0 Å². The number of aliphatic hydroxyl groups excluding tert-OH is 3. The lowest BCUT2D eigenvalue weighted by atomic mass is 9.77. The number of carbonyl (C=O) groups excluding carboxylic acids is 1. The summed E-state index contributed by atoms with van der Waals surface area (Å²) in [5.74, 6) is -6.00. The molecule has 0 amide bonds. The lowest BCUT2D eigenvalue weighted by Gasteiger charge is -2.54. The topological polar surface area (TPSA) is 246 Å². The van der Waals surface area contributed by atoms with Gasteiger partial charge in [0.1, 0.15) is 36.6 Å². The van der Waals surface area contributed by atoms with Crippen molar-refractivity contribution in [2.45, 2.75) is 306 Å². The number of esters is 1. The molecule has 17 aliphatic heterocycles. The van der Waals surface area contributed by atoms with Crippen molar-refractivity contribution in [3.05, 3.63) is 24.3 Å². The Morgan fingerprint density at radius 1 is 0.561 bits per heavy atom. The van der Waals surface area contributed by atoms with Crippen molar-refractivity contribution < 1.29 is 101 Å². The fraction of sp³-hybridized carbons (Fsp3) is 0.918. The van der Waals surface area contributed by atoms with Crippen molar-refractivity contribution in [3.8, 4) is 0 Å². The summed E-state index contributed by atoms with van der Waals surface area (Å²) in [4.78, 5) is 14.6. The first-order chi connectivity index (χ1) is 39.4. The van der Waals surface area contributed by atoms with Crippen LogP contribution in [0.5, 0.6) is 0 Å². The molecular weight excluding hydrogens is 1070 g/mol. The van der Waals surface area contributed by atoms with E-state index in [4.69, 9.17) is 75.8 Å². The molecule has 82 heavy (non-hydrogen) atoms. The summed E-state index contributed by atoms with van der Waals surface area (Å²) >= 11 is 0. The van der Waals surface area contributed by atoms with Gasteiger partial charge in [-0.15, -0.1) is 0 Å². The van der Waals surface area contributed by atoms with Crippen molar-refractivity contribution in [2.75, 3.05) is 13.2 Å². The summed E-state index contributed by atoms with van der Waals surface area (Å²) in [7, 11) is 0. The molecule has 0 aromatic heterocycles. The van der Waals surface area contributed by atoms with Crippen LogP contribution in [0.3, 0.4) is 0 Å². The molecule has 0 aromatic rings. The SMILES string of the molecule is C=C1C[C@@H]2CC[C@]34OC5[C@@H]6O[C@H]7CC[C@H](CC(=O)O[C@@H]8[C@@H](C)[C@@H]9O[C@@H]%10C[C@]%11(C[C@@H]%12O[C@]%13(C[C@H](C)[C@@H]%14O[C@@H]%15[C@@H]([C@@H](O)CO)CO[C@@H]%15C[C@@H]%14O%13)C[C@H](C)[C@@H]%12O%11)O[C@@H]%10C[C@@H]9O[C@H]8C[C@H]8O[C@@H](CC[C@@H]1O2)C[C@@H](C)C8=C)O[C@@H]7[C@H](O3)[C@@H]6O[C@@]5(O)[C@H]4O. The fourth-order valence-corrected chi connectivity index (χ4v) is 19.0. The van der Waals surface area contributed by atoms with Crippen LogP contribution in [-0.2, 0) is 80.6 Å². The van der Waals surface area contributed by atoms with E-state index in [0.29, 0.717) is 83.7 Å². The average Bonchev–Trinajstić information content (AvgIpc) is 4.37. The second-order valence-electron chi connectivity index (χ2n) is 28.4. The Kier molecular flexibility index (Phi) is 13.6. The second-order valence-corrected chi connectivity index (χ2v) is 28.4. The van der Waals surface area contributed by atoms with Gasteiger partial charge in [0.05, 0.1) is 130 Å². The van der Waals surface area contributed by atoms with Crippen LogP contribution >= 0.6 is 0 Å². The maximum atomic E-state index is 14.6. The predicted molar refractivity (Wildman–Crippen MR) is 279 cm³/mol. The first-order valence-electron chi connectivity index (χ1n) is 31.6. The summed E-state index contributed by atoms with van der Waals surface area (Å²) in [6.07, 6.45) is -3.45. The van der Waals surface area contributed by atoms with Crippen LogP contribution in [-0.4, -0.2) is 215 Å². The lowest BCUT2D eigenvalue weighted by molar-refractivity contribution is -0.370. The third-order valence-electron chi connectivity index (χ3n) is 23.0. The van der Waals surface area contributed by atoms with E-state index in [1.54, 1.807) is 0 Å². The number of hydrogen-bond acceptors (Lipinski definition) is 21. The Bertz CT molecular complexity index is 2500. The molecule has 21 heteroatoms. The van der Waals surface area contributed by atoms with Gasteiger partial charge in [-0.3, -0.25) is 4.79 Å². The van der Waals surface area contributed by atoms with Crippen LogP contribution in [0.15, 0.2) is 24.3 Å². The molecule has 0 aliphatic carbocycles. The maximum Gasteiger partial charge on any atom is 0.308 e. The normalized spacial score (nSPS) is 59.6. The molecule has 0 radical (unpaired) electrons. The zero-order valence-corrected chi connectivity index (χ0v) is 47.7. The number of rotatable bonds is 2. The number of fused-ring (bicyclic) bond motifs is 11. The molecule has 0 aromatic carbocycles. The molecule has 17 aliphatic rings. The van der Waals surface area contributed by atoms with Crippen LogP contribution < -0.4 is 0 Å². The lowest BCUT2D eigenvalue weighted by Crippen LogP contribution is -2.63. The number of aliphatic hydroxyl groups is 4. The van der Waals surface area contributed by atoms with E-state index in [0.717, 1.165) is 24.0 Å². The number of hydrogen-bond donors (Lipinski definition) is 4. The highest BCUT2D eigenvalue weighted by atomic mass is 16.8. The molecule has 4 N–H and O–H groups in total. The van der Waals surface area contributed by atoms with Crippen molar-refractivity contribution in [3.63, 3.8) is 0 Å². The molecule has 1 unspecified atom stereocenters. The molecule has 456 valence electrons. The Labute approximate surface area is 478 Å². The molecule has 12 bridgehead atoms. The molecule has 17 fully saturated rings. The zero-order chi connectivity index (χ0) is 56.1. The number of ether oxygens (including phenoxy) is 16. The van der Waals surface area contributed by atoms with Gasteiger partial charge in [0, 0.05) is 63.2 Å². The van der Waals surface area contributed by atoms with Crippen LogP contribution in [0, 0.1) is 29.6 Å². The Balaban J connectivity index is 0.633. The van der Waals surface area contributed by atoms with Crippen LogP contribution in [0.2, 0.25) is 0 Å². The molecule has 17 heterocycles. The summed E-state index contributed by atoms with van der Waals surface area (Å²) in [6.45, 7) is 17.7. The van der Waals surface area contributed by atoms with Gasteiger partial charge in [-0.2, -0.15) is 0 Å². The molecule has 17 saturated heterocycles. The first kappa shape index (κ1) is 55.5. The highest BCUT2D eigenvalue weighted by Crippen LogP contribution is 2.60. The Hall–Kier alpha value is -1.81. The van der Waals surface area contributed by atoms with Crippen molar-refractivity contribution >= 4 is 5.97 Å². The molecular formula is C61H86O21. The quantitative estimate of drug-likeness (QED) is 0.228. The second kappa shape index (κ2) is 20.1. The van der Waals surface area contributed by atoms with Crippen LogP contribution in [0.1, 0.15) is 130 Å². The zero-order valence-electron chi connectivity index (χ0n) is 47.7. The van der Waals surface area contributed by atoms with Crippen molar-refractivity contribution in [2.24, 2.45) is 29.6 Å². The Morgan fingerprint density at radius 3 is 2.11 bits per heavy atom. The smallest absolute Gasteiger partial charge is 0.308 e. The van der Waals surface area contributed by atoms with Crippen LogP contribution in [0.25, 0.3) is 0 Å². The van der Waals surface area contributed by atoms with Gasteiger partial charge in [-0.1, -0.05) is 40.9 Å². The van der Waals surface area contributed by atoms with E-state index < -0.39 is 102 Å². The third kappa shape index (κ3) is 8.79. The largest absolute Gasteiger partial charge is 0.459 e. The molecule has 21 nitrogen and oxygen atoms in total. The monoisotopic (exact) mass is 1150 g/mol. The van der Waals surface area contributed by atoms with Gasteiger partial charge < -0.3 is 96.2 Å². The molecule has 34 atom stereocenters. The summed E-state index contributed by atoms with van der Waals surface area (Å²) in [5.41, 5.74) is 2.01. The molecule has 3 spiro atoms. The van der Waals surface area contributed by atoms with E-state index >= 15 is 0 Å². The van der Waals surface area contributed by atoms with Gasteiger partial charge in [0.15, 0.2) is 17.7 Å². The Morgan fingerprint density at radius 2 is 1.27 bits per heavy atom. The highest BCUT2D eigenvalue weighted by molar-refractivity contribution is 5.70. The van der Waals surface area contributed by atoms with Crippen molar-refractivity contribution in [1.82, 2.24) is 0 Å². The van der Waals surface area contributed by atoms with Gasteiger partial charge in [0.25, 0.3) is 0 Å². The van der Waals surface area contributed by atoms with E-state index in [-0.39, 0.29) is 128 Å². The summed E-state index contributed by atoms with van der Waals surface area (Å²) < 4.78 is 109. The van der Waals surface area contributed by atoms with E-state index in [1.165, 1.54) is 0 Å². The molecule has 0 saturated carbocycles. The van der Waals surface area contributed by atoms with Gasteiger partial charge in [0.2, 0.25) is 11.6 Å². The van der Waals surface area contributed by atoms with Gasteiger partial charge >= 0.3 is 5.97 Å². The fourth-order valence-electron chi connectivity index (χ4n) is 19.0. The average molecular weight is 1160 g/mol. The van der Waals surface area contributed by atoms with Gasteiger partial charge in [-0.05, 0) is 73.8 Å². The highest BCUT2D eigenvalue weighted by Gasteiger charge is 2.79. The predicted octanol–water partition coefficient (Wildman–Crippen LogP) is 3.48. The summed E-state index contributed by atoms with van der Waals surface area (Å²) in [5, 5.41) is 44.1. The van der Waals surface area contributed by atoms with E-state index in [2.05, 4.69) is 40.9 Å². The maximum absolute atomic E-state index is 14.6. The number of carbonyl (C=O) groups is 1. The standard InChI is InChI=1S/C61H86O21/c1-25-13-31-7-9-36-26(2)14-33(68-36)11-12-60-57(65)61(66)56(82-60)55-54(81-61)53(80-60)52-37(72-55)10-8-32(70-52)15-46(64)74-50-30(6)49-42(71-41(50)16-38(69-31)29(25)5)17-39-44(73-49)21-59(76-39)22-45-48(79-59)28(4)20-58(78-45)19-27(3)47-43(77-58)18-40-51(75-47)34(24-67-40)35(63)23-62/h25,27-28,30-45,47-57,62-63,65-66H,2,5,7-24H2,1,3-4,6H3/t25-,27+,28+,30+,31+,32-,33+,34-,35+,36+,37+,38-,39-,40-,41+,42+,43+,44-,45+,47+,48+,49+,50-,51-,52+,53+,54+,55-,56?,57+,58-,59+,60-,61-/m1/s1.